The van der Waals surface area contributed by atoms with E-state index in [1.165, 1.54) is 53.0 Å². The highest BCUT2D eigenvalue weighted by atomic mass is 32.2. The topological polar surface area (TPSA) is 28.2 Å². The highest BCUT2D eigenvalue weighted by Crippen LogP contribution is 2.28. The molecule has 2 aliphatic rings. The van der Waals surface area contributed by atoms with Crippen LogP contribution in [0.2, 0.25) is 0 Å². The van der Waals surface area contributed by atoms with Gasteiger partial charge in [-0.25, -0.2) is 4.98 Å². The zero-order chi connectivity index (χ0) is 12.4. The maximum atomic E-state index is 4.77. The predicted octanol–water partition coefficient (Wildman–Crippen LogP) is 2.65. The van der Waals surface area contributed by atoms with Gasteiger partial charge in [-0.2, -0.15) is 11.8 Å². The summed E-state index contributed by atoms with van der Waals surface area (Å²) in [5, 5.41) is 4.83. The minimum atomic E-state index is 0.782. The molecule has 100 valence electrons. The summed E-state index contributed by atoms with van der Waals surface area (Å²) >= 11 is 3.96. The van der Waals surface area contributed by atoms with Crippen LogP contribution in [0.3, 0.4) is 0 Å². The fraction of sp³-hybridized carbons (Fsp3) is 0.769. The van der Waals surface area contributed by atoms with Gasteiger partial charge in [-0.05, 0) is 31.9 Å². The average Bonchev–Trinajstić information content (AvgIpc) is 3.15. The maximum absolute atomic E-state index is 4.77. The first-order valence-corrected chi connectivity index (χ1v) is 8.82. The number of rotatable bonds is 4. The van der Waals surface area contributed by atoms with Crippen LogP contribution in [0.15, 0.2) is 0 Å². The fourth-order valence-electron chi connectivity index (χ4n) is 2.17. The van der Waals surface area contributed by atoms with E-state index in [0.717, 1.165) is 19.1 Å². The summed E-state index contributed by atoms with van der Waals surface area (Å²) in [4.78, 5) is 8.66. The van der Waals surface area contributed by atoms with Crippen molar-refractivity contribution in [3.63, 3.8) is 0 Å². The molecule has 18 heavy (non-hydrogen) atoms. The van der Waals surface area contributed by atoms with Crippen molar-refractivity contribution in [2.75, 3.05) is 29.5 Å². The molecule has 1 aliphatic carbocycles. The van der Waals surface area contributed by atoms with E-state index in [1.807, 2.05) is 11.3 Å². The van der Waals surface area contributed by atoms with Crippen molar-refractivity contribution in [2.45, 2.75) is 38.8 Å². The number of nitrogens with zero attached hydrogens (tertiary/aromatic N) is 2. The van der Waals surface area contributed by atoms with E-state index in [9.17, 15) is 0 Å². The van der Waals surface area contributed by atoms with Gasteiger partial charge >= 0.3 is 0 Å². The van der Waals surface area contributed by atoms with Crippen molar-refractivity contribution in [1.29, 1.82) is 0 Å². The molecular formula is C13H21N3S2. The Hall–Kier alpha value is -0.260. The second kappa shape index (κ2) is 5.80. The molecule has 0 unspecified atom stereocenters. The molecule has 2 fully saturated rings. The first kappa shape index (κ1) is 12.8. The van der Waals surface area contributed by atoms with Crippen molar-refractivity contribution < 1.29 is 0 Å². The van der Waals surface area contributed by atoms with Crippen LogP contribution in [0.4, 0.5) is 5.13 Å². The Kier molecular flexibility index (Phi) is 4.11. The van der Waals surface area contributed by atoms with Gasteiger partial charge in [-0.15, -0.1) is 11.3 Å². The average molecular weight is 283 g/mol. The van der Waals surface area contributed by atoms with Crippen molar-refractivity contribution in [3.05, 3.63) is 10.6 Å². The van der Waals surface area contributed by atoms with Gasteiger partial charge in [0.05, 0.1) is 5.69 Å². The third-order valence-corrected chi connectivity index (χ3v) is 5.77. The molecule has 1 saturated heterocycles. The van der Waals surface area contributed by atoms with Gasteiger partial charge in [0, 0.05) is 36.3 Å². The maximum Gasteiger partial charge on any atom is 0.185 e. The van der Waals surface area contributed by atoms with Crippen molar-refractivity contribution >= 4 is 28.2 Å². The van der Waals surface area contributed by atoms with E-state index in [4.69, 9.17) is 4.98 Å². The van der Waals surface area contributed by atoms with Crippen molar-refractivity contribution in [1.82, 2.24) is 10.3 Å². The van der Waals surface area contributed by atoms with Gasteiger partial charge in [0.25, 0.3) is 0 Å². The first-order valence-electron chi connectivity index (χ1n) is 6.85. The lowest BCUT2D eigenvalue weighted by molar-refractivity contribution is 0.691. The zero-order valence-corrected chi connectivity index (χ0v) is 12.6. The number of aryl methyl sites for hydroxylation is 1. The zero-order valence-electron chi connectivity index (χ0n) is 10.9. The summed E-state index contributed by atoms with van der Waals surface area (Å²) in [5.41, 5.74) is 1.22. The number of thiazole rings is 1. The molecule has 1 saturated carbocycles. The second-order valence-corrected chi connectivity index (χ2v) is 7.40. The molecule has 2 heterocycles. The number of aromatic nitrogens is 1. The Morgan fingerprint density at radius 3 is 3.06 bits per heavy atom. The molecular weight excluding hydrogens is 262 g/mol. The van der Waals surface area contributed by atoms with E-state index in [0.29, 0.717) is 0 Å². The summed E-state index contributed by atoms with van der Waals surface area (Å²) in [6.45, 7) is 5.50. The van der Waals surface area contributed by atoms with Crippen LogP contribution in [0.1, 0.15) is 29.8 Å². The molecule has 3 nitrogen and oxygen atoms in total. The Labute approximate surface area is 117 Å². The van der Waals surface area contributed by atoms with E-state index < -0.39 is 0 Å². The summed E-state index contributed by atoms with van der Waals surface area (Å²) in [5.74, 6) is 2.55. The Morgan fingerprint density at radius 2 is 2.22 bits per heavy atom. The van der Waals surface area contributed by atoms with E-state index in [-0.39, 0.29) is 0 Å². The van der Waals surface area contributed by atoms with Crippen LogP contribution < -0.4 is 10.2 Å². The van der Waals surface area contributed by atoms with Gasteiger partial charge in [0.15, 0.2) is 5.13 Å². The third kappa shape index (κ3) is 3.19. The van der Waals surface area contributed by atoms with Crippen LogP contribution in [0.25, 0.3) is 0 Å². The molecule has 1 N–H and O–H groups in total. The number of hydrogen-bond acceptors (Lipinski definition) is 5. The third-order valence-electron chi connectivity index (χ3n) is 3.50. The lowest BCUT2D eigenvalue weighted by atomic mass is 10.4. The van der Waals surface area contributed by atoms with Crippen LogP contribution >= 0.6 is 23.1 Å². The monoisotopic (exact) mass is 283 g/mol. The number of anilines is 1. The quantitative estimate of drug-likeness (QED) is 0.919. The molecule has 0 amide bonds. The predicted molar refractivity (Wildman–Crippen MR) is 80.9 cm³/mol. The Balaban J connectivity index is 1.65. The van der Waals surface area contributed by atoms with Crippen molar-refractivity contribution in [3.8, 4) is 0 Å². The molecule has 0 aromatic carbocycles. The number of nitrogens with one attached hydrogen (secondary N) is 1. The standard InChI is InChI=1S/C13H21N3S2/c1-10-12(9-14-11-3-4-11)18-13(15-10)16-5-2-7-17-8-6-16/h11,14H,2-9H2,1H3. The number of thioether (sulfide) groups is 1. The van der Waals surface area contributed by atoms with Gasteiger partial charge in [-0.1, -0.05) is 0 Å². The van der Waals surface area contributed by atoms with Crippen LogP contribution in [-0.4, -0.2) is 35.6 Å². The highest BCUT2D eigenvalue weighted by Gasteiger charge is 2.21. The minimum absolute atomic E-state index is 0.782. The summed E-state index contributed by atoms with van der Waals surface area (Å²) in [7, 11) is 0. The van der Waals surface area contributed by atoms with E-state index in [2.05, 4.69) is 28.9 Å². The fourth-order valence-corrected chi connectivity index (χ4v) is 4.12. The molecule has 5 heteroatoms. The summed E-state index contributed by atoms with van der Waals surface area (Å²) < 4.78 is 0. The molecule has 0 bridgehead atoms. The lowest BCUT2D eigenvalue weighted by Crippen LogP contribution is -2.25. The molecule has 0 spiro atoms. The van der Waals surface area contributed by atoms with Gasteiger partial charge in [-0.3, -0.25) is 0 Å². The largest absolute Gasteiger partial charge is 0.347 e. The van der Waals surface area contributed by atoms with E-state index in [1.54, 1.807) is 0 Å². The second-order valence-electron chi connectivity index (χ2n) is 5.11. The lowest BCUT2D eigenvalue weighted by Gasteiger charge is -2.18. The Morgan fingerprint density at radius 1 is 1.33 bits per heavy atom. The smallest absolute Gasteiger partial charge is 0.185 e. The molecule has 1 aromatic rings. The Bertz CT molecular complexity index is 393. The van der Waals surface area contributed by atoms with Gasteiger partial charge in [0.1, 0.15) is 0 Å². The summed E-state index contributed by atoms with van der Waals surface area (Å²) in [6, 6.07) is 0.782. The SMILES string of the molecule is Cc1nc(N2CCCSCC2)sc1CNC1CC1. The highest BCUT2D eigenvalue weighted by molar-refractivity contribution is 7.99. The first-order chi connectivity index (χ1) is 8.83. The normalized spacial score (nSPS) is 21.1. The van der Waals surface area contributed by atoms with E-state index >= 15 is 0 Å². The van der Waals surface area contributed by atoms with Crippen LogP contribution in [0.5, 0.6) is 0 Å². The molecule has 3 rings (SSSR count). The van der Waals surface area contributed by atoms with Crippen LogP contribution in [-0.2, 0) is 6.54 Å². The molecule has 1 aromatic heterocycles. The summed E-state index contributed by atoms with van der Waals surface area (Å²) in [6.07, 6.45) is 4.00. The van der Waals surface area contributed by atoms with Crippen molar-refractivity contribution in [2.24, 2.45) is 0 Å². The molecule has 0 atom stereocenters. The van der Waals surface area contributed by atoms with Gasteiger partial charge in [0.2, 0.25) is 0 Å². The molecule has 1 aliphatic heterocycles. The molecule has 0 radical (unpaired) electrons. The van der Waals surface area contributed by atoms with Crippen LogP contribution in [0, 0.1) is 6.92 Å². The minimum Gasteiger partial charge on any atom is -0.347 e. The van der Waals surface area contributed by atoms with Gasteiger partial charge < -0.3 is 10.2 Å². The number of hydrogen-bond donors (Lipinski definition) is 1.